The predicted molar refractivity (Wildman–Crippen MR) is 101 cm³/mol. The van der Waals surface area contributed by atoms with Crippen LogP contribution in [0.1, 0.15) is 51.7 Å². The van der Waals surface area contributed by atoms with Gasteiger partial charge >= 0.3 is 0 Å². The zero-order chi connectivity index (χ0) is 15.1. The van der Waals surface area contributed by atoms with E-state index in [1.54, 1.807) is 0 Å². The van der Waals surface area contributed by atoms with E-state index in [0.29, 0.717) is 6.04 Å². The summed E-state index contributed by atoms with van der Waals surface area (Å²) in [5, 5.41) is 15.3. The number of hydrogen-bond acceptors (Lipinski definition) is 3. The third kappa shape index (κ3) is 5.73. The van der Waals surface area contributed by atoms with E-state index in [2.05, 4.69) is 51.2 Å². The lowest BCUT2D eigenvalue weighted by Crippen LogP contribution is -2.41. The molecular formula is C15H29IN6. The van der Waals surface area contributed by atoms with Crippen LogP contribution in [0.2, 0.25) is 0 Å². The second-order valence-electron chi connectivity index (χ2n) is 5.80. The molecule has 0 unspecified atom stereocenters. The highest BCUT2D eigenvalue weighted by Crippen LogP contribution is 2.14. The monoisotopic (exact) mass is 420 g/mol. The van der Waals surface area contributed by atoms with Gasteiger partial charge in [-0.1, -0.05) is 6.42 Å². The van der Waals surface area contributed by atoms with Crippen molar-refractivity contribution in [2.75, 3.05) is 13.1 Å². The number of aryl methyl sites for hydroxylation is 1. The lowest BCUT2D eigenvalue weighted by molar-refractivity contribution is 0.604. The van der Waals surface area contributed by atoms with E-state index < -0.39 is 0 Å². The van der Waals surface area contributed by atoms with E-state index in [9.17, 15) is 0 Å². The number of nitrogens with zero attached hydrogens (tertiary/aromatic N) is 4. The first kappa shape index (κ1) is 19.2. The Morgan fingerprint density at radius 3 is 2.82 bits per heavy atom. The third-order valence-electron chi connectivity index (χ3n) is 3.56. The van der Waals surface area contributed by atoms with Crippen molar-refractivity contribution in [2.45, 2.75) is 65.5 Å². The molecule has 0 amide bonds. The van der Waals surface area contributed by atoms with Crippen LogP contribution < -0.4 is 10.6 Å². The zero-order valence-corrected chi connectivity index (χ0v) is 16.3. The summed E-state index contributed by atoms with van der Waals surface area (Å²) >= 11 is 0. The Bertz CT molecular complexity index is 469. The summed E-state index contributed by atoms with van der Waals surface area (Å²) in [4.78, 5) is 4.61. The van der Waals surface area contributed by atoms with Crippen LogP contribution in [0.5, 0.6) is 0 Å². The predicted octanol–water partition coefficient (Wildman–Crippen LogP) is 2.13. The van der Waals surface area contributed by atoms with Gasteiger partial charge in [0.25, 0.3) is 0 Å². The van der Waals surface area contributed by atoms with Gasteiger partial charge in [-0.15, -0.1) is 34.2 Å². The molecule has 0 fully saturated rings. The second kappa shape index (κ2) is 10.0. The van der Waals surface area contributed by atoms with Crippen LogP contribution in [-0.4, -0.2) is 39.9 Å². The molecule has 0 saturated heterocycles. The van der Waals surface area contributed by atoms with Crippen LogP contribution in [0.4, 0.5) is 0 Å². The molecule has 1 aromatic rings. The SMILES string of the molecule is CCNC(=NCCc1nnc2n1CCCCC2)NC(C)C.I. The van der Waals surface area contributed by atoms with E-state index in [4.69, 9.17) is 0 Å². The average molecular weight is 420 g/mol. The molecule has 0 spiro atoms. The van der Waals surface area contributed by atoms with Crippen molar-refractivity contribution < 1.29 is 0 Å². The van der Waals surface area contributed by atoms with Gasteiger partial charge in [0, 0.05) is 38.5 Å². The first-order valence-electron chi connectivity index (χ1n) is 8.16. The molecule has 0 radical (unpaired) electrons. The van der Waals surface area contributed by atoms with Gasteiger partial charge in [0.15, 0.2) is 5.96 Å². The Morgan fingerprint density at radius 2 is 2.09 bits per heavy atom. The Balaban J connectivity index is 0.00000242. The van der Waals surface area contributed by atoms with Gasteiger partial charge in [0.2, 0.25) is 0 Å². The summed E-state index contributed by atoms with van der Waals surface area (Å²) in [5.74, 6) is 3.11. The lowest BCUT2D eigenvalue weighted by atomic mass is 10.2. The quantitative estimate of drug-likeness (QED) is 0.435. The number of rotatable bonds is 5. The Hall–Kier alpha value is -0.860. The molecule has 1 aromatic heterocycles. The number of halogens is 1. The summed E-state index contributed by atoms with van der Waals surface area (Å²) in [7, 11) is 0. The molecule has 6 nitrogen and oxygen atoms in total. The Labute approximate surface area is 150 Å². The molecule has 0 atom stereocenters. The van der Waals surface area contributed by atoms with Crippen molar-refractivity contribution in [3.8, 4) is 0 Å². The molecule has 7 heteroatoms. The van der Waals surface area contributed by atoms with E-state index in [1.807, 2.05) is 0 Å². The minimum Gasteiger partial charge on any atom is -0.357 e. The largest absolute Gasteiger partial charge is 0.357 e. The molecule has 0 bridgehead atoms. The van der Waals surface area contributed by atoms with Gasteiger partial charge in [-0.2, -0.15) is 0 Å². The molecule has 1 aliphatic heterocycles. The van der Waals surface area contributed by atoms with E-state index in [1.165, 1.54) is 19.3 Å². The minimum atomic E-state index is 0. The third-order valence-corrected chi connectivity index (χ3v) is 3.56. The fourth-order valence-electron chi connectivity index (χ4n) is 2.59. The molecule has 0 saturated carbocycles. The summed E-state index contributed by atoms with van der Waals surface area (Å²) in [6.07, 6.45) is 5.68. The van der Waals surface area contributed by atoms with Gasteiger partial charge in [0.1, 0.15) is 11.6 Å². The molecule has 2 heterocycles. The number of aromatic nitrogens is 3. The molecule has 0 aromatic carbocycles. The lowest BCUT2D eigenvalue weighted by Gasteiger charge is -2.13. The van der Waals surface area contributed by atoms with Crippen molar-refractivity contribution in [3.63, 3.8) is 0 Å². The van der Waals surface area contributed by atoms with Crippen LogP contribution in [0, 0.1) is 0 Å². The highest BCUT2D eigenvalue weighted by Gasteiger charge is 2.14. The fraction of sp³-hybridized carbons (Fsp3) is 0.800. The van der Waals surface area contributed by atoms with Gasteiger partial charge in [-0.05, 0) is 33.6 Å². The summed E-state index contributed by atoms with van der Waals surface area (Å²) in [6, 6.07) is 0.382. The Kier molecular flexibility index (Phi) is 8.74. The molecule has 0 aliphatic carbocycles. The van der Waals surface area contributed by atoms with E-state index >= 15 is 0 Å². The molecule has 22 heavy (non-hydrogen) atoms. The first-order valence-corrected chi connectivity index (χ1v) is 8.16. The highest BCUT2D eigenvalue weighted by molar-refractivity contribution is 14.0. The maximum Gasteiger partial charge on any atom is 0.191 e. The number of hydrogen-bond donors (Lipinski definition) is 2. The molecule has 126 valence electrons. The van der Waals surface area contributed by atoms with Crippen molar-refractivity contribution in [1.82, 2.24) is 25.4 Å². The van der Waals surface area contributed by atoms with E-state index in [0.717, 1.165) is 50.1 Å². The van der Waals surface area contributed by atoms with Crippen LogP contribution in [0.3, 0.4) is 0 Å². The number of fused-ring (bicyclic) bond motifs is 1. The standard InChI is InChI=1S/C15H28N6.HI/c1-4-16-15(18-12(2)3)17-10-9-14-20-19-13-8-6-5-7-11-21(13)14;/h12H,4-11H2,1-3H3,(H2,16,17,18);1H. The summed E-state index contributed by atoms with van der Waals surface area (Å²) in [5.41, 5.74) is 0. The van der Waals surface area contributed by atoms with Gasteiger partial charge in [-0.3, -0.25) is 4.99 Å². The number of nitrogens with one attached hydrogen (secondary N) is 2. The summed E-state index contributed by atoms with van der Waals surface area (Å²) < 4.78 is 2.30. The highest BCUT2D eigenvalue weighted by atomic mass is 127. The van der Waals surface area contributed by atoms with E-state index in [-0.39, 0.29) is 24.0 Å². The second-order valence-corrected chi connectivity index (χ2v) is 5.80. The number of aliphatic imine (C=N–C) groups is 1. The first-order chi connectivity index (χ1) is 10.2. The van der Waals surface area contributed by atoms with Crippen LogP contribution >= 0.6 is 24.0 Å². The molecule has 2 N–H and O–H groups in total. The Morgan fingerprint density at radius 1 is 1.27 bits per heavy atom. The van der Waals surface area contributed by atoms with Gasteiger partial charge < -0.3 is 15.2 Å². The molecule has 2 rings (SSSR count). The van der Waals surface area contributed by atoms with Crippen molar-refractivity contribution in [2.24, 2.45) is 4.99 Å². The molecular weight excluding hydrogens is 391 g/mol. The maximum atomic E-state index is 4.61. The zero-order valence-electron chi connectivity index (χ0n) is 13.9. The smallest absolute Gasteiger partial charge is 0.191 e. The number of guanidine groups is 1. The van der Waals surface area contributed by atoms with Crippen molar-refractivity contribution in [3.05, 3.63) is 11.6 Å². The average Bonchev–Trinajstić information content (AvgIpc) is 2.67. The van der Waals surface area contributed by atoms with Crippen LogP contribution in [-0.2, 0) is 19.4 Å². The van der Waals surface area contributed by atoms with Crippen molar-refractivity contribution >= 4 is 29.9 Å². The van der Waals surface area contributed by atoms with Crippen LogP contribution in [0.15, 0.2) is 4.99 Å². The van der Waals surface area contributed by atoms with Crippen molar-refractivity contribution in [1.29, 1.82) is 0 Å². The maximum absolute atomic E-state index is 4.61. The fourth-order valence-corrected chi connectivity index (χ4v) is 2.59. The normalized spacial score (nSPS) is 15.0. The summed E-state index contributed by atoms with van der Waals surface area (Å²) in [6.45, 7) is 8.98. The van der Waals surface area contributed by atoms with Gasteiger partial charge in [-0.25, -0.2) is 0 Å². The van der Waals surface area contributed by atoms with Crippen LogP contribution in [0.25, 0.3) is 0 Å². The topological polar surface area (TPSA) is 67.1 Å². The van der Waals surface area contributed by atoms with Gasteiger partial charge in [0.05, 0.1) is 0 Å². The minimum absolute atomic E-state index is 0. The molecule has 1 aliphatic rings.